The van der Waals surface area contributed by atoms with Crippen LogP contribution in [-0.4, -0.2) is 34.1 Å². The fraction of sp³-hybridized carbons (Fsp3) is 0.778. The molecule has 2 N–H and O–H groups in total. The minimum atomic E-state index is -0.556. The van der Waals surface area contributed by atoms with E-state index < -0.39 is 4.32 Å². The number of carbonyl (C=O) groups excluding carboxylic acids is 2. The van der Waals surface area contributed by atoms with E-state index in [2.05, 4.69) is 15.9 Å². The number of nitrogens with zero attached hydrogens (tertiary/aromatic N) is 1. The number of hydrogen-bond acceptors (Lipinski definition) is 2. The van der Waals surface area contributed by atoms with Gasteiger partial charge in [-0.05, 0) is 20.3 Å². The molecule has 0 saturated carbocycles. The number of nitrogens with two attached hydrogens (primary N) is 1. The van der Waals surface area contributed by atoms with E-state index in [4.69, 9.17) is 5.73 Å². The molecule has 0 aromatic heterocycles. The first-order chi connectivity index (χ1) is 6.32. The molecule has 80 valence electrons. The first-order valence-electron chi connectivity index (χ1n) is 4.60. The second-order valence-electron chi connectivity index (χ2n) is 4.11. The molecule has 4 nitrogen and oxygen atoms in total. The van der Waals surface area contributed by atoms with E-state index in [1.54, 1.807) is 18.7 Å². The standard InChI is InChI=1S/C9H15BrN2O2/c1-9(2,10)8(14)12-4-3-6(5-12)7(11)13/h6H,3-5H2,1-2H3,(H2,11,13). The molecule has 0 aromatic carbocycles. The second-order valence-corrected chi connectivity index (χ2v) is 6.09. The van der Waals surface area contributed by atoms with Crippen LogP contribution in [0.15, 0.2) is 0 Å². The number of hydrogen-bond donors (Lipinski definition) is 1. The summed E-state index contributed by atoms with van der Waals surface area (Å²) in [7, 11) is 0. The summed E-state index contributed by atoms with van der Waals surface area (Å²) < 4.78 is -0.556. The zero-order valence-corrected chi connectivity index (χ0v) is 10.0. The normalized spacial score (nSPS) is 22.5. The van der Waals surface area contributed by atoms with Crippen molar-refractivity contribution in [3.8, 4) is 0 Å². The SMILES string of the molecule is CC(C)(Br)C(=O)N1CCC(C(N)=O)C1. The van der Waals surface area contributed by atoms with Gasteiger partial charge < -0.3 is 10.6 Å². The number of rotatable bonds is 2. The summed E-state index contributed by atoms with van der Waals surface area (Å²) in [6.45, 7) is 4.69. The van der Waals surface area contributed by atoms with Crippen LogP contribution < -0.4 is 5.73 Å². The van der Waals surface area contributed by atoms with Crippen molar-refractivity contribution in [2.45, 2.75) is 24.6 Å². The molecule has 1 unspecified atom stereocenters. The van der Waals surface area contributed by atoms with Crippen LogP contribution >= 0.6 is 15.9 Å². The predicted octanol–water partition coefficient (Wildman–Crippen LogP) is 0.494. The number of amides is 2. The van der Waals surface area contributed by atoms with E-state index in [0.29, 0.717) is 19.5 Å². The Morgan fingerprint density at radius 1 is 1.50 bits per heavy atom. The van der Waals surface area contributed by atoms with Crippen LogP contribution in [0.4, 0.5) is 0 Å². The summed E-state index contributed by atoms with van der Waals surface area (Å²) in [6.07, 6.45) is 0.685. The Labute approximate surface area is 91.9 Å². The largest absolute Gasteiger partial charge is 0.369 e. The zero-order valence-electron chi connectivity index (χ0n) is 8.42. The molecule has 1 aliphatic rings. The Bertz CT molecular complexity index is 260. The molecule has 2 amide bonds. The molecule has 1 atom stereocenters. The summed E-state index contributed by atoms with van der Waals surface area (Å²) in [6, 6.07) is 0. The Hall–Kier alpha value is -0.580. The topological polar surface area (TPSA) is 63.4 Å². The van der Waals surface area contributed by atoms with E-state index in [0.717, 1.165) is 0 Å². The highest BCUT2D eigenvalue weighted by Gasteiger charge is 2.35. The Morgan fingerprint density at radius 2 is 2.07 bits per heavy atom. The molecule has 0 spiro atoms. The first kappa shape index (κ1) is 11.5. The van der Waals surface area contributed by atoms with Crippen molar-refractivity contribution in [2.24, 2.45) is 11.7 Å². The monoisotopic (exact) mass is 262 g/mol. The second kappa shape index (κ2) is 3.88. The highest BCUT2D eigenvalue weighted by atomic mass is 79.9. The van der Waals surface area contributed by atoms with Gasteiger partial charge in [-0.2, -0.15) is 0 Å². The fourth-order valence-corrected chi connectivity index (χ4v) is 1.80. The van der Waals surface area contributed by atoms with Gasteiger partial charge in [0, 0.05) is 13.1 Å². The molecule has 0 bridgehead atoms. The Morgan fingerprint density at radius 3 is 2.43 bits per heavy atom. The van der Waals surface area contributed by atoms with E-state index in [-0.39, 0.29) is 17.7 Å². The lowest BCUT2D eigenvalue weighted by Gasteiger charge is -2.23. The van der Waals surface area contributed by atoms with Gasteiger partial charge in [0.05, 0.1) is 10.2 Å². The van der Waals surface area contributed by atoms with Gasteiger partial charge in [-0.15, -0.1) is 0 Å². The number of alkyl halides is 1. The van der Waals surface area contributed by atoms with Gasteiger partial charge in [0.25, 0.3) is 0 Å². The van der Waals surface area contributed by atoms with E-state index in [9.17, 15) is 9.59 Å². The quantitative estimate of drug-likeness (QED) is 0.737. The van der Waals surface area contributed by atoms with E-state index in [1.807, 2.05) is 0 Å². The van der Waals surface area contributed by atoms with Crippen LogP contribution in [0.1, 0.15) is 20.3 Å². The highest BCUT2D eigenvalue weighted by Crippen LogP contribution is 2.24. The molecule has 1 fully saturated rings. The van der Waals surface area contributed by atoms with E-state index in [1.165, 1.54) is 0 Å². The third-order valence-corrected chi connectivity index (χ3v) is 2.73. The predicted molar refractivity (Wildman–Crippen MR) is 56.9 cm³/mol. The molecule has 1 heterocycles. The van der Waals surface area contributed by atoms with Crippen molar-refractivity contribution in [3.63, 3.8) is 0 Å². The van der Waals surface area contributed by atoms with E-state index >= 15 is 0 Å². The van der Waals surface area contributed by atoms with Gasteiger partial charge in [-0.1, -0.05) is 15.9 Å². The third-order valence-electron chi connectivity index (χ3n) is 2.39. The molecule has 0 radical (unpaired) electrons. The maximum Gasteiger partial charge on any atom is 0.238 e. The first-order valence-corrected chi connectivity index (χ1v) is 5.39. The molecular weight excluding hydrogens is 248 g/mol. The van der Waals surface area contributed by atoms with Gasteiger partial charge in [0.15, 0.2) is 0 Å². The zero-order chi connectivity index (χ0) is 10.9. The average Bonchev–Trinajstić information content (AvgIpc) is 2.48. The third kappa shape index (κ3) is 2.47. The number of carbonyl (C=O) groups is 2. The van der Waals surface area contributed by atoms with Crippen molar-refractivity contribution in [3.05, 3.63) is 0 Å². The number of primary amides is 1. The molecule has 5 heteroatoms. The van der Waals surface area contributed by atoms with Gasteiger partial charge in [0.1, 0.15) is 0 Å². The number of halogens is 1. The molecular formula is C9H15BrN2O2. The van der Waals surface area contributed by atoms with Crippen molar-refractivity contribution < 1.29 is 9.59 Å². The van der Waals surface area contributed by atoms with Crippen LogP contribution in [0.25, 0.3) is 0 Å². The van der Waals surface area contributed by atoms with Crippen molar-refractivity contribution in [2.75, 3.05) is 13.1 Å². The maximum atomic E-state index is 11.8. The molecule has 1 saturated heterocycles. The minimum absolute atomic E-state index is 0.0150. The Kier molecular flexibility index (Phi) is 3.19. The molecule has 1 aliphatic heterocycles. The minimum Gasteiger partial charge on any atom is -0.369 e. The van der Waals surface area contributed by atoms with Crippen LogP contribution in [0.3, 0.4) is 0 Å². The summed E-state index contributed by atoms with van der Waals surface area (Å²) >= 11 is 3.30. The van der Waals surface area contributed by atoms with Gasteiger partial charge in [0.2, 0.25) is 11.8 Å². The molecule has 14 heavy (non-hydrogen) atoms. The lowest BCUT2D eigenvalue weighted by Crippen LogP contribution is -2.41. The lowest BCUT2D eigenvalue weighted by molar-refractivity contribution is -0.132. The summed E-state index contributed by atoms with van der Waals surface area (Å²) in [5, 5.41) is 0. The summed E-state index contributed by atoms with van der Waals surface area (Å²) in [4.78, 5) is 24.3. The van der Waals surface area contributed by atoms with Crippen LogP contribution in [-0.2, 0) is 9.59 Å². The van der Waals surface area contributed by atoms with Crippen molar-refractivity contribution in [1.29, 1.82) is 0 Å². The fourth-order valence-electron chi connectivity index (χ4n) is 1.55. The number of likely N-dealkylation sites (tertiary alicyclic amines) is 1. The van der Waals surface area contributed by atoms with Crippen molar-refractivity contribution >= 4 is 27.7 Å². The lowest BCUT2D eigenvalue weighted by atomic mass is 10.1. The molecule has 0 aromatic rings. The van der Waals surface area contributed by atoms with Crippen LogP contribution in [0, 0.1) is 5.92 Å². The maximum absolute atomic E-state index is 11.8. The van der Waals surface area contributed by atoms with Crippen LogP contribution in [0.5, 0.6) is 0 Å². The summed E-state index contributed by atoms with van der Waals surface area (Å²) in [5.41, 5.74) is 5.18. The molecule has 0 aliphatic carbocycles. The van der Waals surface area contributed by atoms with Crippen LogP contribution in [0.2, 0.25) is 0 Å². The smallest absolute Gasteiger partial charge is 0.238 e. The molecule has 1 rings (SSSR count). The van der Waals surface area contributed by atoms with Gasteiger partial charge in [-0.3, -0.25) is 9.59 Å². The average molecular weight is 263 g/mol. The highest BCUT2D eigenvalue weighted by molar-refractivity contribution is 9.10. The van der Waals surface area contributed by atoms with Gasteiger partial charge in [-0.25, -0.2) is 0 Å². The van der Waals surface area contributed by atoms with Crippen molar-refractivity contribution in [1.82, 2.24) is 4.90 Å². The van der Waals surface area contributed by atoms with Gasteiger partial charge >= 0.3 is 0 Å². The summed E-state index contributed by atoms with van der Waals surface area (Å²) in [5.74, 6) is -0.470. The Balaban J connectivity index is 2.59.